The van der Waals surface area contributed by atoms with Gasteiger partial charge in [-0.15, -0.1) is 0 Å². The molecule has 1 aliphatic rings. The molecule has 0 heteroatoms. The van der Waals surface area contributed by atoms with Crippen molar-refractivity contribution in [3.8, 4) is 11.8 Å². The van der Waals surface area contributed by atoms with Crippen LogP contribution in [-0.4, -0.2) is 0 Å². The van der Waals surface area contributed by atoms with Crippen molar-refractivity contribution >= 4 is 0 Å². The quantitative estimate of drug-likeness (QED) is 0.534. The summed E-state index contributed by atoms with van der Waals surface area (Å²) in [7, 11) is 0. The first-order valence-corrected chi connectivity index (χ1v) is 9.92. The van der Waals surface area contributed by atoms with Gasteiger partial charge in [-0.2, -0.15) is 0 Å². The van der Waals surface area contributed by atoms with Crippen LogP contribution >= 0.6 is 0 Å². The lowest BCUT2D eigenvalue weighted by Crippen LogP contribution is -2.13. The largest absolute Gasteiger partial charge is 0.0900 e. The van der Waals surface area contributed by atoms with E-state index in [9.17, 15) is 0 Å². The van der Waals surface area contributed by atoms with Crippen molar-refractivity contribution in [2.24, 2.45) is 5.92 Å². The van der Waals surface area contributed by atoms with Gasteiger partial charge in [-0.25, -0.2) is 0 Å². The third-order valence-corrected chi connectivity index (χ3v) is 5.66. The first-order chi connectivity index (χ1) is 12.3. The van der Waals surface area contributed by atoms with Gasteiger partial charge in [0.25, 0.3) is 0 Å². The highest BCUT2D eigenvalue weighted by Gasteiger charge is 2.21. The third kappa shape index (κ3) is 4.99. The maximum Gasteiger partial charge on any atom is 0.0427 e. The molecule has 0 nitrogen and oxygen atoms in total. The highest BCUT2D eigenvalue weighted by molar-refractivity contribution is 5.39. The lowest BCUT2D eigenvalue weighted by Gasteiger charge is -2.28. The van der Waals surface area contributed by atoms with Crippen LogP contribution in [0.1, 0.15) is 80.9 Å². The average molecular weight is 331 g/mol. The number of rotatable bonds is 4. The molecule has 1 unspecified atom stereocenters. The van der Waals surface area contributed by atoms with Gasteiger partial charge in [0.2, 0.25) is 0 Å². The van der Waals surface area contributed by atoms with Crippen molar-refractivity contribution in [1.29, 1.82) is 0 Å². The van der Waals surface area contributed by atoms with Gasteiger partial charge < -0.3 is 0 Å². The van der Waals surface area contributed by atoms with Gasteiger partial charge in [0.15, 0.2) is 0 Å². The van der Waals surface area contributed by atoms with Crippen LogP contribution in [0.25, 0.3) is 0 Å². The van der Waals surface area contributed by atoms with Crippen LogP contribution in [0.3, 0.4) is 0 Å². The molecule has 0 spiro atoms. The second kappa shape index (κ2) is 8.91. The lowest BCUT2D eigenvalue weighted by molar-refractivity contribution is 0.308. The predicted molar refractivity (Wildman–Crippen MR) is 108 cm³/mol. The summed E-state index contributed by atoms with van der Waals surface area (Å²) in [5.74, 6) is 8.74. The summed E-state index contributed by atoms with van der Waals surface area (Å²) in [6.45, 7) is 4.48. The van der Waals surface area contributed by atoms with Crippen LogP contribution in [0.5, 0.6) is 0 Å². The van der Waals surface area contributed by atoms with Crippen molar-refractivity contribution in [2.75, 3.05) is 0 Å². The Hall–Kier alpha value is -2.00. The fraction of sp³-hybridized carbons (Fsp3) is 0.440. The van der Waals surface area contributed by atoms with Gasteiger partial charge in [0.1, 0.15) is 0 Å². The molecule has 3 rings (SSSR count). The van der Waals surface area contributed by atoms with Gasteiger partial charge in [0.05, 0.1) is 0 Å². The molecule has 2 aromatic rings. The van der Waals surface area contributed by atoms with Gasteiger partial charge in [-0.05, 0) is 67.7 Å². The molecule has 0 radical (unpaired) electrons. The second-order valence-corrected chi connectivity index (χ2v) is 7.53. The summed E-state index contributed by atoms with van der Waals surface area (Å²) in [4.78, 5) is 0. The van der Waals surface area contributed by atoms with Crippen molar-refractivity contribution in [1.82, 2.24) is 0 Å². The van der Waals surface area contributed by atoms with Crippen molar-refractivity contribution < 1.29 is 0 Å². The predicted octanol–water partition coefficient (Wildman–Crippen LogP) is 6.92. The molecule has 0 N–H and O–H groups in total. The van der Waals surface area contributed by atoms with E-state index in [0.29, 0.717) is 0 Å². The number of hydrogen-bond acceptors (Lipinski definition) is 0. The molecule has 1 fully saturated rings. The Labute approximate surface area is 153 Å². The van der Waals surface area contributed by atoms with Crippen LogP contribution in [0.15, 0.2) is 54.6 Å². The van der Waals surface area contributed by atoms with Crippen molar-refractivity contribution in [3.63, 3.8) is 0 Å². The number of benzene rings is 2. The van der Waals surface area contributed by atoms with Gasteiger partial charge >= 0.3 is 0 Å². The maximum atomic E-state index is 3.38. The Morgan fingerprint density at radius 2 is 1.60 bits per heavy atom. The molecule has 25 heavy (non-hydrogen) atoms. The van der Waals surface area contributed by atoms with E-state index in [-0.39, 0.29) is 5.92 Å². The monoisotopic (exact) mass is 330 g/mol. The van der Waals surface area contributed by atoms with E-state index in [1.807, 2.05) is 0 Å². The summed E-state index contributed by atoms with van der Waals surface area (Å²) in [6, 6.07) is 19.5. The standard InChI is InChI=1S/C25H30/c1-3-7-21-12-16-24(17-13-21)25-18-14-22(15-19-25)11-10-20(2)23-8-5-4-6-9-23/h4-6,8-9,14-15,18-21,24H,3,7,12-13,16-17H2,1-2H3. The van der Waals surface area contributed by atoms with Crippen LogP contribution in [-0.2, 0) is 0 Å². The first-order valence-electron chi connectivity index (χ1n) is 9.92. The van der Waals surface area contributed by atoms with E-state index < -0.39 is 0 Å². The molecular weight excluding hydrogens is 300 g/mol. The van der Waals surface area contributed by atoms with Crippen LogP contribution in [0.2, 0.25) is 0 Å². The van der Waals surface area contributed by atoms with Crippen molar-refractivity contribution in [2.45, 2.75) is 64.2 Å². The van der Waals surface area contributed by atoms with E-state index in [4.69, 9.17) is 0 Å². The van der Waals surface area contributed by atoms with Gasteiger partial charge in [-0.1, -0.05) is 74.1 Å². The second-order valence-electron chi connectivity index (χ2n) is 7.53. The van der Waals surface area contributed by atoms with Crippen LogP contribution in [0, 0.1) is 17.8 Å². The SMILES string of the molecule is CCCC1CCC(c2ccc(C#CC(C)c3ccccc3)cc2)CC1. The van der Waals surface area contributed by atoms with E-state index in [1.165, 1.54) is 49.7 Å². The van der Waals surface area contributed by atoms with E-state index in [1.54, 1.807) is 0 Å². The lowest BCUT2D eigenvalue weighted by atomic mass is 9.77. The Kier molecular flexibility index (Phi) is 6.35. The minimum atomic E-state index is 0.273. The highest BCUT2D eigenvalue weighted by Crippen LogP contribution is 2.37. The van der Waals surface area contributed by atoms with Crippen LogP contribution in [0.4, 0.5) is 0 Å². The molecule has 0 bridgehead atoms. The third-order valence-electron chi connectivity index (χ3n) is 5.66. The molecule has 0 saturated heterocycles. The highest BCUT2D eigenvalue weighted by atomic mass is 14.3. The summed E-state index contributed by atoms with van der Waals surface area (Å²) in [5.41, 5.74) is 3.93. The molecule has 130 valence electrons. The summed E-state index contributed by atoms with van der Waals surface area (Å²) in [6.07, 6.45) is 8.30. The number of hydrogen-bond donors (Lipinski definition) is 0. The zero-order valence-corrected chi connectivity index (χ0v) is 15.7. The molecule has 1 atom stereocenters. The van der Waals surface area contributed by atoms with E-state index in [0.717, 1.165) is 17.4 Å². The van der Waals surface area contributed by atoms with Crippen LogP contribution < -0.4 is 0 Å². The van der Waals surface area contributed by atoms with Gasteiger partial charge in [0, 0.05) is 11.5 Å². The minimum absolute atomic E-state index is 0.273. The smallest absolute Gasteiger partial charge is 0.0427 e. The summed E-state index contributed by atoms with van der Waals surface area (Å²) in [5, 5.41) is 0. The molecule has 0 aliphatic heterocycles. The van der Waals surface area contributed by atoms with Gasteiger partial charge in [-0.3, -0.25) is 0 Å². The zero-order chi connectivity index (χ0) is 17.5. The normalized spacial score (nSPS) is 21.2. The van der Waals surface area contributed by atoms with Crippen molar-refractivity contribution in [3.05, 3.63) is 71.3 Å². The summed E-state index contributed by atoms with van der Waals surface area (Å²) < 4.78 is 0. The molecule has 0 amide bonds. The Morgan fingerprint density at radius 1 is 0.920 bits per heavy atom. The molecule has 1 aliphatic carbocycles. The Bertz CT molecular complexity index is 691. The minimum Gasteiger partial charge on any atom is -0.0900 e. The summed E-state index contributed by atoms with van der Waals surface area (Å²) >= 11 is 0. The fourth-order valence-corrected chi connectivity index (χ4v) is 4.05. The topological polar surface area (TPSA) is 0 Å². The molecule has 2 aromatic carbocycles. The molecule has 1 saturated carbocycles. The average Bonchev–Trinajstić information content (AvgIpc) is 2.68. The maximum absolute atomic E-state index is 3.38. The molecular formula is C25H30. The molecule has 0 aromatic heterocycles. The fourth-order valence-electron chi connectivity index (χ4n) is 4.05. The first kappa shape index (κ1) is 17.8. The Balaban J connectivity index is 1.59. The molecule has 0 heterocycles. The Morgan fingerprint density at radius 3 is 2.24 bits per heavy atom. The zero-order valence-electron chi connectivity index (χ0n) is 15.7. The van der Waals surface area contributed by atoms with E-state index >= 15 is 0 Å². The van der Waals surface area contributed by atoms with E-state index in [2.05, 4.69) is 80.3 Å².